The maximum absolute atomic E-state index is 4.42. The maximum Gasteiger partial charge on any atom is 0.0540 e. The molecule has 18 heavy (non-hydrogen) atoms. The van der Waals surface area contributed by atoms with Crippen LogP contribution in [0.3, 0.4) is 0 Å². The second kappa shape index (κ2) is 6.37. The monoisotopic (exact) mass is 249 g/mol. The van der Waals surface area contributed by atoms with Crippen molar-refractivity contribution in [3.8, 4) is 0 Å². The molecule has 1 fully saturated rings. The molecule has 1 N–H and O–H groups in total. The van der Waals surface area contributed by atoms with Gasteiger partial charge in [-0.2, -0.15) is 5.10 Å². The minimum atomic E-state index is 0.513. The number of nitrogens with zero attached hydrogens (tertiary/aromatic N) is 2. The summed E-state index contributed by atoms with van der Waals surface area (Å²) in [4.78, 5) is 0. The summed E-state index contributed by atoms with van der Waals surface area (Å²) >= 11 is 0. The van der Waals surface area contributed by atoms with E-state index in [1.807, 2.05) is 11.7 Å². The number of rotatable bonds is 5. The SMILES string of the molecule is CCCNC(c1cnn(C)c1C)C1CCCCC1. The van der Waals surface area contributed by atoms with E-state index in [4.69, 9.17) is 0 Å². The third-order valence-electron chi connectivity index (χ3n) is 4.34. The van der Waals surface area contributed by atoms with Gasteiger partial charge in [0.05, 0.1) is 6.20 Å². The van der Waals surface area contributed by atoms with Crippen molar-refractivity contribution < 1.29 is 0 Å². The van der Waals surface area contributed by atoms with Crippen LogP contribution in [0.4, 0.5) is 0 Å². The van der Waals surface area contributed by atoms with Gasteiger partial charge in [-0.1, -0.05) is 26.2 Å². The van der Waals surface area contributed by atoms with Gasteiger partial charge in [0.1, 0.15) is 0 Å². The zero-order valence-corrected chi connectivity index (χ0v) is 12.1. The van der Waals surface area contributed by atoms with E-state index in [1.165, 1.54) is 49.8 Å². The Bertz CT molecular complexity index is 364. The van der Waals surface area contributed by atoms with Crippen LogP contribution >= 0.6 is 0 Å². The first kappa shape index (κ1) is 13.6. The Kier molecular flexibility index (Phi) is 4.81. The van der Waals surface area contributed by atoms with Gasteiger partial charge >= 0.3 is 0 Å². The molecule has 1 unspecified atom stereocenters. The summed E-state index contributed by atoms with van der Waals surface area (Å²) in [6.45, 7) is 5.53. The molecule has 0 saturated heterocycles. The smallest absolute Gasteiger partial charge is 0.0540 e. The Balaban J connectivity index is 2.15. The highest BCUT2D eigenvalue weighted by Gasteiger charge is 2.26. The molecule has 0 aromatic carbocycles. The van der Waals surface area contributed by atoms with E-state index in [0.717, 1.165) is 12.5 Å². The van der Waals surface area contributed by atoms with Gasteiger partial charge in [0.15, 0.2) is 0 Å². The molecule has 0 radical (unpaired) electrons. The van der Waals surface area contributed by atoms with Gasteiger partial charge in [0.2, 0.25) is 0 Å². The predicted molar refractivity (Wildman–Crippen MR) is 75.6 cm³/mol. The Morgan fingerprint density at radius 2 is 2.11 bits per heavy atom. The van der Waals surface area contributed by atoms with Gasteiger partial charge in [-0.15, -0.1) is 0 Å². The standard InChI is InChI=1S/C15H27N3/c1-4-10-16-15(13-8-6-5-7-9-13)14-11-17-18(3)12(14)2/h11,13,15-16H,4-10H2,1-3H3. The van der Waals surface area contributed by atoms with E-state index >= 15 is 0 Å². The summed E-state index contributed by atoms with van der Waals surface area (Å²) in [5.74, 6) is 0.799. The van der Waals surface area contributed by atoms with E-state index in [-0.39, 0.29) is 0 Å². The molecular formula is C15H27N3. The lowest BCUT2D eigenvalue weighted by Gasteiger charge is -2.31. The summed E-state index contributed by atoms with van der Waals surface area (Å²) in [6, 6.07) is 0.513. The Hall–Kier alpha value is -0.830. The highest BCUT2D eigenvalue weighted by Crippen LogP contribution is 2.35. The fourth-order valence-corrected chi connectivity index (χ4v) is 3.12. The summed E-state index contributed by atoms with van der Waals surface area (Å²) in [7, 11) is 2.04. The summed E-state index contributed by atoms with van der Waals surface area (Å²) in [5, 5.41) is 8.17. The van der Waals surface area contributed by atoms with Crippen LogP contribution in [-0.2, 0) is 7.05 Å². The zero-order chi connectivity index (χ0) is 13.0. The van der Waals surface area contributed by atoms with E-state index in [9.17, 15) is 0 Å². The van der Waals surface area contributed by atoms with Crippen molar-refractivity contribution in [3.63, 3.8) is 0 Å². The van der Waals surface area contributed by atoms with Crippen LogP contribution in [0, 0.1) is 12.8 Å². The highest BCUT2D eigenvalue weighted by molar-refractivity contribution is 5.21. The van der Waals surface area contributed by atoms with Crippen molar-refractivity contribution in [1.29, 1.82) is 0 Å². The lowest BCUT2D eigenvalue weighted by atomic mass is 9.81. The van der Waals surface area contributed by atoms with Crippen molar-refractivity contribution >= 4 is 0 Å². The van der Waals surface area contributed by atoms with Crippen LogP contribution in [0.2, 0.25) is 0 Å². The molecule has 1 saturated carbocycles. The first-order valence-corrected chi connectivity index (χ1v) is 7.46. The Labute approximate surface area is 111 Å². The van der Waals surface area contributed by atoms with Gasteiger partial charge in [-0.05, 0) is 38.6 Å². The molecule has 2 rings (SSSR count). The molecule has 3 nitrogen and oxygen atoms in total. The summed E-state index contributed by atoms with van der Waals surface area (Å²) < 4.78 is 2.00. The Morgan fingerprint density at radius 3 is 2.67 bits per heavy atom. The fourth-order valence-electron chi connectivity index (χ4n) is 3.12. The zero-order valence-electron chi connectivity index (χ0n) is 12.1. The van der Waals surface area contributed by atoms with Crippen LogP contribution in [-0.4, -0.2) is 16.3 Å². The lowest BCUT2D eigenvalue weighted by Crippen LogP contribution is -2.30. The minimum absolute atomic E-state index is 0.513. The molecular weight excluding hydrogens is 222 g/mol. The van der Waals surface area contributed by atoms with Gasteiger partial charge < -0.3 is 5.32 Å². The molecule has 1 aliphatic rings. The van der Waals surface area contributed by atoms with E-state index in [0.29, 0.717) is 6.04 Å². The molecule has 1 aromatic heterocycles. The van der Waals surface area contributed by atoms with Crippen molar-refractivity contribution in [1.82, 2.24) is 15.1 Å². The largest absolute Gasteiger partial charge is 0.310 e. The first-order valence-electron chi connectivity index (χ1n) is 7.46. The van der Waals surface area contributed by atoms with E-state index in [2.05, 4.69) is 30.5 Å². The molecule has 0 spiro atoms. The number of nitrogens with one attached hydrogen (secondary N) is 1. The van der Waals surface area contributed by atoms with Crippen molar-refractivity contribution in [2.75, 3.05) is 6.54 Å². The maximum atomic E-state index is 4.42. The fraction of sp³-hybridized carbons (Fsp3) is 0.800. The predicted octanol–water partition coefficient (Wildman–Crippen LogP) is 3.35. The topological polar surface area (TPSA) is 29.9 Å². The van der Waals surface area contributed by atoms with Gasteiger partial charge in [0.25, 0.3) is 0 Å². The molecule has 1 aromatic rings. The third kappa shape index (κ3) is 2.94. The van der Waals surface area contributed by atoms with Crippen LogP contribution in [0.5, 0.6) is 0 Å². The molecule has 0 aliphatic heterocycles. The number of aromatic nitrogens is 2. The number of aryl methyl sites for hydroxylation is 1. The third-order valence-corrected chi connectivity index (χ3v) is 4.34. The number of hydrogen-bond acceptors (Lipinski definition) is 2. The van der Waals surface area contributed by atoms with E-state index in [1.54, 1.807) is 0 Å². The molecule has 102 valence electrons. The molecule has 0 bridgehead atoms. The average Bonchev–Trinajstić information content (AvgIpc) is 2.73. The van der Waals surface area contributed by atoms with Crippen LogP contribution in [0.1, 0.15) is 62.7 Å². The Morgan fingerprint density at radius 1 is 1.39 bits per heavy atom. The van der Waals surface area contributed by atoms with Crippen LogP contribution in [0.15, 0.2) is 6.20 Å². The quantitative estimate of drug-likeness (QED) is 0.867. The van der Waals surface area contributed by atoms with E-state index < -0.39 is 0 Å². The van der Waals surface area contributed by atoms with Crippen LogP contribution < -0.4 is 5.32 Å². The minimum Gasteiger partial charge on any atom is -0.310 e. The molecule has 1 aliphatic carbocycles. The van der Waals surface area contributed by atoms with Crippen molar-refractivity contribution in [2.45, 2.75) is 58.4 Å². The second-order valence-electron chi connectivity index (χ2n) is 5.64. The number of hydrogen-bond donors (Lipinski definition) is 1. The average molecular weight is 249 g/mol. The summed E-state index contributed by atoms with van der Waals surface area (Å²) in [5.41, 5.74) is 2.73. The van der Waals surface area contributed by atoms with Crippen LogP contribution in [0.25, 0.3) is 0 Å². The van der Waals surface area contributed by atoms with Gasteiger partial charge in [-0.25, -0.2) is 0 Å². The van der Waals surface area contributed by atoms with Gasteiger partial charge in [-0.3, -0.25) is 4.68 Å². The second-order valence-corrected chi connectivity index (χ2v) is 5.64. The highest BCUT2D eigenvalue weighted by atomic mass is 15.3. The first-order chi connectivity index (χ1) is 8.74. The lowest BCUT2D eigenvalue weighted by molar-refractivity contribution is 0.271. The molecule has 3 heteroatoms. The molecule has 0 amide bonds. The van der Waals surface area contributed by atoms with Gasteiger partial charge in [0, 0.05) is 24.3 Å². The van der Waals surface area contributed by atoms with Crippen molar-refractivity contribution in [3.05, 3.63) is 17.5 Å². The normalized spacial score (nSPS) is 19.1. The summed E-state index contributed by atoms with van der Waals surface area (Å²) in [6.07, 6.45) is 10.2. The molecule has 1 heterocycles. The molecule has 1 atom stereocenters. The van der Waals surface area contributed by atoms with Crippen molar-refractivity contribution in [2.24, 2.45) is 13.0 Å².